The largest absolute Gasteiger partial charge is 0.351 e. The van der Waals surface area contributed by atoms with Gasteiger partial charge in [0, 0.05) is 25.7 Å². The predicted molar refractivity (Wildman–Crippen MR) is 76.6 cm³/mol. The quantitative estimate of drug-likeness (QED) is 0.879. The summed E-state index contributed by atoms with van der Waals surface area (Å²) in [4.78, 5) is 13.9. The summed E-state index contributed by atoms with van der Waals surface area (Å²) in [6.45, 7) is 3.02. The average Bonchev–Trinajstić information content (AvgIpc) is 2.78. The van der Waals surface area contributed by atoms with Crippen LogP contribution < -0.4 is 5.32 Å². The molecule has 1 aliphatic rings. The minimum Gasteiger partial charge on any atom is -0.351 e. The molecule has 0 aromatic heterocycles. The number of rotatable bonds is 5. The summed E-state index contributed by atoms with van der Waals surface area (Å²) in [5.41, 5.74) is 1.34. The molecule has 4 heteroatoms. The van der Waals surface area contributed by atoms with Gasteiger partial charge < -0.3 is 5.32 Å². The van der Waals surface area contributed by atoms with E-state index >= 15 is 0 Å². The molecule has 1 N–H and O–H groups in total. The molecule has 0 radical (unpaired) electrons. The molecule has 1 aromatic carbocycles. The molecular formula is C14H20N2OS. The third-order valence-electron chi connectivity index (χ3n) is 3.16. The van der Waals surface area contributed by atoms with Gasteiger partial charge in [0.1, 0.15) is 0 Å². The predicted octanol–water partition coefficient (Wildman–Crippen LogP) is 1.74. The number of thioether (sulfide) groups is 1. The lowest BCUT2D eigenvalue weighted by Crippen LogP contribution is -2.37. The summed E-state index contributed by atoms with van der Waals surface area (Å²) < 4.78 is 0. The first kappa shape index (κ1) is 13.4. The van der Waals surface area contributed by atoms with Gasteiger partial charge in [-0.15, -0.1) is 0 Å². The molecule has 0 aliphatic carbocycles. The zero-order valence-corrected chi connectivity index (χ0v) is 11.6. The van der Waals surface area contributed by atoms with Gasteiger partial charge in [0.15, 0.2) is 0 Å². The van der Waals surface area contributed by atoms with E-state index in [2.05, 4.69) is 34.5 Å². The number of benzene rings is 1. The maximum atomic E-state index is 11.5. The number of likely N-dealkylation sites (tertiary alicyclic amines) is 1. The van der Waals surface area contributed by atoms with Crippen LogP contribution in [-0.4, -0.2) is 41.9 Å². The van der Waals surface area contributed by atoms with Crippen molar-refractivity contribution in [3.05, 3.63) is 35.9 Å². The van der Waals surface area contributed by atoms with E-state index < -0.39 is 0 Å². The fourth-order valence-electron chi connectivity index (χ4n) is 2.34. The number of hydrogen-bond donors (Lipinski definition) is 1. The molecule has 1 heterocycles. The van der Waals surface area contributed by atoms with E-state index in [-0.39, 0.29) is 5.91 Å². The molecule has 0 bridgehead atoms. The lowest BCUT2D eigenvalue weighted by Gasteiger charge is -2.16. The second-order valence-corrected chi connectivity index (χ2v) is 5.57. The Morgan fingerprint density at radius 1 is 1.44 bits per heavy atom. The summed E-state index contributed by atoms with van der Waals surface area (Å²) in [6.07, 6.45) is 3.02. The van der Waals surface area contributed by atoms with Gasteiger partial charge in [0.05, 0.1) is 5.75 Å². The number of amides is 1. The number of carbonyl (C=O) groups excluding carboxylic acids is 1. The molecule has 3 nitrogen and oxygen atoms in total. The maximum absolute atomic E-state index is 11.5. The van der Waals surface area contributed by atoms with Gasteiger partial charge in [-0.2, -0.15) is 11.8 Å². The fourth-order valence-corrected chi connectivity index (χ4v) is 2.68. The van der Waals surface area contributed by atoms with E-state index in [9.17, 15) is 4.79 Å². The van der Waals surface area contributed by atoms with E-state index in [4.69, 9.17) is 0 Å². The second-order valence-electron chi connectivity index (χ2n) is 4.71. The molecule has 1 fully saturated rings. The highest BCUT2D eigenvalue weighted by atomic mass is 32.2. The first-order valence-corrected chi connectivity index (χ1v) is 7.72. The highest BCUT2D eigenvalue weighted by molar-refractivity contribution is 7.99. The summed E-state index contributed by atoms with van der Waals surface area (Å²) in [6, 6.07) is 10.8. The van der Waals surface area contributed by atoms with Crippen molar-refractivity contribution in [2.24, 2.45) is 0 Å². The van der Waals surface area contributed by atoms with Crippen LogP contribution in [0.2, 0.25) is 0 Å². The minimum atomic E-state index is 0.161. The van der Waals surface area contributed by atoms with Crippen LogP contribution in [0.4, 0.5) is 0 Å². The number of hydrogen-bond acceptors (Lipinski definition) is 3. The third kappa shape index (κ3) is 4.03. The second kappa shape index (κ2) is 6.81. The molecule has 0 saturated carbocycles. The first-order chi connectivity index (χ1) is 8.78. The van der Waals surface area contributed by atoms with Gasteiger partial charge in [-0.05, 0) is 18.2 Å². The molecule has 1 unspecified atom stereocenters. The topological polar surface area (TPSA) is 32.3 Å². The van der Waals surface area contributed by atoms with Crippen LogP contribution in [-0.2, 0) is 11.3 Å². The molecule has 0 spiro atoms. The highest BCUT2D eigenvalue weighted by Gasteiger charge is 2.23. The van der Waals surface area contributed by atoms with E-state index in [1.807, 2.05) is 12.3 Å². The van der Waals surface area contributed by atoms with E-state index in [0.717, 1.165) is 26.1 Å². The Kier molecular flexibility index (Phi) is 5.08. The van der Waals surface area contributed by atoms with Crippen LogP contribution in [0.1, 0.15) is 12.0 Å². The van der Waals surface area contributed by atoms with Crippen LogP contribution >= 0.6 is 11.8 Å². The number of carbonyl (C=O) groups is 1. The molecule has 98 valence electrons. The van der Waals surface area contributed by atoms with Gasteiger partial charge in [-0.25, -0.2) is 0 Å². The number of nitrogens with one attached hydrogen (secondary N) is 1. The van der Waals surface area contributed by atoms with Gasteiger partial charge in [0.25, 0.3) is 0 Å². The lowest BCUT2D eigenvalue weighted by molar-refractivity contribution is -0.119. The Hall–Kier alpha value is -1.00. The van der Waals surface area contributed by atoms with Crippen molar-refractivity contribution in [2.75, 3.05) is 25.1 Å². The van der Waals surface area contributed by atoms with Crippen LogP contribution in [0, 0.1) is 0 Å². The Labute approximate surface area is 113 Å². The number of nitrogens with zero attached hydrogens (tertiary/aromatic N) is 1. The monoisotopic (exact) mass is 264 g/mol. The molecule has 1 amide bonds. The molecule has 2 rings (SSSR count). The fraction of sp³-hybridized carbons (Fsp3) is 0.500. The van der Waals surface area contributed by atoms with Crippen molar-refractivity contribution < 1.29 is 4.79 Å². The Bertz CT molecular complexity index is 383. The van der Waals surface area contributed by atoms with Crippen LogP contribution in [0.15, 0.2) is 30.3 Å². The summed E-state index contributed by atoms with van der Waals surface area (Å²) in [5, 5.41) is 3.09. The van der Waals surface area contributed by atoms with E-state index in [1.165, 1.54) is 5.56 Å². The molecule has 18 heavy (non-hydrogen) atoms. The molecule has 1 atom stereocenters. The van der Waals surface area contributed by atoms with Crippen molar-refractivity contribution in [1.82, 2.24) is 10.2 Å². The van der Waals surface area contributed by atoms with Crippen molar-refractivity contribution in [1.29, 1.82) is 0 Å². The summed E-state index contributed by atoms with van der Waals surface area (Å²) in [7, 11) is 0. The normalized spacial score (nSPS) is 19.9. The molecule has 1 aromatic rings. The molecular weight excluding hydrogens is 244 g/mol. The van der Waals surface area contributed by atoms with E-state index in [1.54, 1.807) is 11.8 Å². The average molecular weight is 264 g/mol. The van der Waals surface area contributed by atoms with Crippen LogP contribution in [0.3, 0.4) is 0 Å². The zero-order valence-electron chi connectivity index (χ0n) is 10.8. The van der Waals surface area contributed by atoms with Gasteiger partial charge >= 0.3 is 0 Å². The Morgan fingerprint density at radius 2 is 2.22 bits per heavy atom. The van der Waals surface area contributed by atoms with Crippen molar-refractivity contribution >= 4 is 17.7 Å². The third-order valence-corrected chi connectivity index (χ3v) is 3.71. The van der Waals surface area contributed by atoms with Gasteiger partial charge in [0.2, 0.25) is 5.91 Å². The highest BCUT2D eigenvalue weighted by Crippen LogP contribution is 2.13. The first-order valence-electron chi connectivity index (χ1n) is 6.32. The van der Waals surface area contributed by atoms with Crippen LogP contribution in [0.25, 0.3) is 0 Å². The van der Waals surface area contributed by atoms with E-state index in [0.29, 0.717) is 11.8 Å². The Morgan fingerprint density at radius 3 is 2.94 bits per heavy atom. The van der Waals surface area contributed by atoms with Crippen molar-refractivity contribution in [2.45, 2.75) is 19.0 Å². The zero-order chi connectivity index (χ0) is 12.8. The van der Waals surface area contributed by atoms with Crippen molar-refractivity contribution in [3.63, 3.8) is 0 Å². The maximum Gasteiger partial charge on any atom is 0.230 e. The van der Waals surface area contributed by atoms with Gasteiger partial charge in [-0.3, -0.25) is 9.69 Å². The summed E-state index contributed by atoms with van der Waals surface area (Å²) >= 11 is 1.57. The van der Waals surface area contributed by atoms with Gasteiger partial charge in [-0.1, -0.05) is 30.3 Å². The van der Waals surface area contributed by atoms with Crippen molar-refractivity contribution in [3.8, 4) is 0 Å². The SMILES string of the molecule is CSCC(=O)NC1CCN(Cc2ccccc2)C1. The van der Waals surface area contributed by atoms with Crippen LogP contribution in [0.5, 0.6) is 0 Å². The Balaban J connectivity index is 1.76. The molecule has 1 aliphatic heterocycles. The minimum absolute atomic E-state index is 0.161. The standard InChI is InChI=1S/C14H20N2OS/c1-18-11-14(17)15-13-7-8-16(10-13)9-12-5-3-2-4-6-12/h2-6,13H,7-11H2,1H3,(H,15,17). The molecule has 1 saturated heterocycles. The summed E-state index contributed by atoms with van der Waals surface area (Å²) in [5.74, 6) is 0.726. The smallest absolute Gasteiger partial charge is 0.230 e. The lowest BCUT2D eigenvalue weighted by atomic mass is 10.2.